The van der Waals surface area contributed by atoms with Gasteiger partial charge in [0.1, 0.15) is 0 Å². The zero-order chi connectivity index (χ0) is 10.6. The Labute approximate surface area is 88.6 Å². The number of ketones is 1. The number of hydrogen-bond donors (Lipinski definition) is 0. The fraction of sp³-hybridized carbons (Fsp3) is 0.727. The average molecular weight is 207 g/mol. The second kappa shape index (κ2) is 2.68. The van der Waals surface area contributed by atoms with Gasteiger partial charge in [-0.05, 0) is 19.8 Å². The van der Waals surface area contributed by atoms with Gasteiger partial charge >= 0.3 is 5.91 Å². The van der Waals surface area contributed by atoms with Gasteiger partial charge in [-0.1, -0.05) is 0 Å². The van der Waals surface area contributed by atoms with Crippen LogP contribution in [-0.4, -0.2) is 45.6 Å². The Morgan fingerprint density at radius 2 is 2.27 bits per heavy atom. The quantitative estimate of drug-likeness (QED) is 0.454. The maximum Gasteiger partial charge on any atom is 0.365 e. The first-order chi connectivity index (χ1) is 7.18. The second-order valence-corrected chi connectivity index (χ2v) is 4.65. The molecule has 3 aliphatic heterocycles. The number of nitrogens with zero attached hydrogens (tertiary/aromatic N) is 2. The fourth-order valence-corrected chi connectivity index (χ4v) is 3.29. The zero-order valence-electron chi connectivity index (χ0n) is 8.95. The Balaban J connectivity index is 2.19. The van der Waals surface area contributed by atoms with E-state index in [4.69, 9.17) is 0 Å². The molecule has 1 amide bonds. The molecule has 2 saturated heterocycles. The van der Waals surface area contributed by atoms with Crippen LogP contribution in [0.25, 0.3) is 0 Å². The first-order valence-corrected chi connectivity index (χ1v) is 5.64. The third-order valence-electron chi connectivity index (χ3n) is 3.97. The first kappa shape index (κ1) is 9.07. The molecule has 0 aromatic carbocycles. The molecule has 4 heteroatoms. The lowest BCUT2D eigenvalue weighted by molar-refractivity contribution is -0.551. The summed E-state index contributed by atoms with van der Waals surface area (Å²) in [6.45, 7) is 3.23. The first-order valence-electron chi connectivity index (χ1n) is 5.64. The van der Waals surface area contributed by atoms with Crippen LogP contribution in [0.2, 0.25) is 0 Å². The number of carbonyl (C=O) groups is 2. The van der Waals surface area contributed by atoms with Gasteiger partial charge in [-0.25, -0.2) is 9.37 Å². The minimum atomic E-state index is -0.796. The average Bonchev–Trinajstić information content (AvgIpc) is 2.84. The molecule has 0 radical (unpaired) electrons. The molecule has 15 heavy (non-hydrogen) atoms. The molecule has 0 N–H and O–H groups in total. The van der Waals surface area contributed by atoms with Gasteiger partial charge in [0.25, 0.3) is 11.4 Å². The summed E-state index contributed by atoms with van der Waals surface area (Å²) in [7, 11) is 0. The van der Waals surface area contributed by atoms with E-state index in [1.54, 1.807) is 6.92 Å². The maximum atomic E-state index is 12.3. The molecule has 0 aliphatic carbocycles. The number of carbonyl (C=O) groups excluding carboxylic acids is 2. The molecule has 0 spiro atoms. The van der Waals surface area contributed by atoms with Crippen LogP contribution in [0, 0.1) is 0 Å². The van der Waals surface area contributed by atoms with E-state index >= 15 is 0 Å². The maximum absolute atomic E-state index is 12.3. The molecule has 0 aromatic rings. The third-order valence-corrected chi connectivity index (χ3v) is 3.97. The lowest BCUT2D eigenvalue weighted by atomic mass is 9.92. The van der Waals surface area contributed by atoms with Crippen LogP contribution in [0.3, 0.4) is 0 Å². The molecule has 2 fully saturated rings. The highest BCUT2D eigenvalue weighted by Gasteiger charge is 2.65. The van der Waals surface area contributed by atoms with E-state index in [2.05, 4.69) is 4.58 Å². The van der Waals surface area contributed by atoms with Gasteiger partial charge in [-0.15, -0.1) is 0 Å². The van der Waals surface area contributed by atoms with E-state index in [0.29, 0.717) is 6.42 Å². The molecule has 4 nitrogen and oxygen atoms in total. The van der Waals surface area contributed by atoms with Gasteiger partial charge in [0.15, 0.2) is 5.78 Å². The standard InChI is InChI=1S/C11H15N2O2/c1-8(14)11-5-3-7-13(11)9-4-2-6-12(9)10(11)15/h2-7H2,1H3/q+1. The van der Waals surface area contributed by atoms with E-state index in [9.17, 15) is 9.59 Å². The van der Waals surface area contributed by atoms with Crippen LogP contribution in [0.15, 0.2) is 0 Å². The molecule has 0 saturated carbocycles. The summed E-state index contributed by atoms with van der Waals surface area (Å²) < 4.78 is 2.07. The molecule has 80 valence electrons. The summed E-state index contributed by atoms with van der Waals surface area (Å²) >= 11 is 0. The van der Waals surface area contributed by atoms with Crippen molar-refractivity contribution in [1.29, 1.82) is 0 Å². The van der Waals surface area contributed by atoms with E-state index < -0.39 is 5.54 Å². The van der Waals surface area contributed by atoms with Crippen LogP contribution >= 0.6 is 0 Å². The van der Waals surface area contributed by atoms with Gasteiger partial charge in [0.2, 0.25) is 0 Å². The predicted octanol–water partition coefficient (Wildman–Crippen LogP) is 0.155. The molecular weight excluding hydrogens is 192 g/mol. The summed E-state index contributed by atoms with van der Waals surface area (Å²) in [5.41, 5.74) is -0.796. The van der Waals surface area contributed by atoms with Crippen molar-refractivity contribution in [3.05, 3.63) is 0 Å². The molecule has 3 heterocycles. The molecular formula is C11H15N2O2+. The lowest BCUT2D eigenvalue weighted by Gasteiger charge is -2.16. The Bertz CT molecular complexity index is 399. The SMILES string of the molecule is CC(=O)C12CCC[N+]1=C1CCCN1C2=O. The number of Topliss-reactive ketones (excluding diaryl/α,β-unsaturated/α-hetero) is 1. The van der Waals surface area contributed by atoms with E-state index in [-0.39, 0.29) is 11.7 Å². The highest BCUT2D eigenvalue weighted by Crippen LogP contribution is 2.36. The minimum absolute atomic E-state index is 0.0203. The summed E-state index contributed by atoms with van der Waals surface area (Å²) in [6.07, 6.45) is 3.68. The number of rotatable bonds is 1. The molecule has 1 unspecified atom stereocenters. The highest BCUT2D eigenvalue weighted by atomic mass is 16.2. The van der Waals surface area contributed by atoms with Gasteiger partial charge in [-0.3, -0.25) is 4.79 Å². The Hall–Kier alpha value is -1.19. The lowest BCUT2D eigenvalue weighted by Crippen LogP contribution is -2.50. The summed E-state index contributed by atoms with van der Waals surface area (Å²) in [4.78, 5) is 25.9. The van der Waals surface area contributed by atoms with Crippen LogP contribution < -0.4 is 0 Å². The summed E-state index contributed by atoms with van der Waals surface area (Å²) in [5.74, 6) is 1.17. The topological polar surface area (TPSA) is 40.4 Å². The Morgan fingerprint density at radius 1 is 1.47 bits per heavy atom. The van der Waals surface area contributed by atoms with Crippen LogP contribution in [-0.2, 0) is 9.59 Å². The number of fused-ring (bicyclic) bond motifs is 2. The van der Waals surface area contributed by atoms with Gasteiger partial charge in [-0.2, -0.15) is 4.90 Å². The van der Waals surface area contributed by atoms with Crippen molar-refractivity contribution in [2.45, 2.75) is 38.1 Å². The molecule has 3 aliphatic rings. The summed E-state index contributed by atoms with van der Waals surface area (Å²) in [5, 5.41) is 0. The van der Waals surface area contributed by atoms with E-state index in [1.165, 1.54) is 0 Å². The predicted molar refractivity (Wildman–Crippen MR) is 53.7 cm³/mol. The van der Waals surface area contributed by atoms with Crippen molar-refractivity contribution in [2.75, 3.05) is 13.1 Å². The van der Waals surface area contributed by atoms with Crippen LogP contribution in [0.4, 0.5) is 0 Å². The van der Waals surface area contributed by atoms with Gasteiger partial charge in [0, 0.05) is 6.42 Å². The fourth-order valence-electron chi connectivity index (χ4n) is 3.29. The van der Waals surface area contributed by atoms with Crippen molar-refractivity contribution >= 4 is 17.5 Å². The van der Waals surface area contributed by atoms with Crippen molar-refractivity contribution < 1.29 is 14.2 Å². The van der Waals surface area contributed by atoms with Crippen LogP contribution in [0.1, 0.15) is 32.6 Å². The molecule has 1 atom stereocenters. The van der Waals surface area contributed by atoms with Gasteiger partial charge < -0.3 is 0 Å². The van der Waals surface area contributed by atoms with Gasteiger partial charge in [0.05, 0.1) is 19.5 Å². The zero-order valence-corrected chi connectivity index (χ0v) is 8.95. The van der Waals surface area contributed by atoms with Crippen LogP contribution in [0.5, 0.6) is 0 Å². The normalized spacial score (nSPS) is 33.7. The Morgan fingerprint density at radius 3 is 3.00 bits per heavy atom. The van der Waals surface area contributed by atoms with Crippen molar-refractivity contribution in [3.63, 3.8) is 0 Å². The number of amides is 1. The molecule has 0 bridgehead atoms. The smallest absolute Gasteiger partial charge is 0.294 e. The number of hydrogen-bond acceptors (Lipinski definition) is 2. The molecule has 3 rings (SSSR count). The van der Waals surface area contributed by atoms with Crippen molar-refractivity contribution in [3.8, 4) is 0 Å². The van der Waals surface area contributed by atoms with Crippen molar-refractivity contribution in [1.82, 2.24) is 4.90 Å². The third kappa shape index (κ3) is 0.856. The second-order valence-electron chi connectivity index (χ2n) is 4.65. The summed E-state index contributed by atoms with van der Waals surface area (Å²) in [6, 6.07) is 0. The highest BCUT2D eigenvalue weighted by molar-refractivity contribution is 6.16. The van der Waals surface area contributed by atoms with E-state index in [0.717, 1.165) is 38.2 Å². The largest absolute Gasteiger partial charge is 0.365 e. The monoisotopic (exact) mass is 207 g/mol. The minimum Gasteiger partial charge on any atom is -0.294 e. The number of amidine groups is 1. The Kier molecular flexibility index (Phi) is 1.62. The molecule has 0 aromatic heterocycles. The van der Waals surface area contributed by atoms with E-state index in [1.807, 2.05) is 4.90 Å². The van der Waals surface area contributed by atoms with Crippen molar-refractivity contribution in [2.24, 2.45) is 0 Å².